The van der Waals surface area contributed by atoms with Crippen molar-refractivity contribution in [2.24, 2.45) is 0 Å². The summed E-state index contributed by atoms with van der Waals surface area (Å²) in [6, 6.07) is 19.4. The minimum atomic E-state index is -2.79. The molecule has 1 heterocycles. The molecule has 0 N–H and O–H groups in total. The second kappa shape index (κ2) is 35.1. The van der Waals surface area contributed by atoms with Gasteiger partial charge in [0.05, 0.1) is 0 Å². The Kier molecular flexibility index (Phi) is 29.8. The van der Waals surface area contributed by atoms with Gasteiger partial charge >= 0.3 is 353 Å². The number of unbranched alkanes of at least 4 members (excludes halogenated alkanes) is 29. The second-order valence-electron chi connectivity index (χ2n) is 21.6. The Bertz CT molecular complexity index is 1980. The molecule has 0 spiro atoms. The molecule has 0 aromatic heterocycles. The molecule has 2 aliphatic rings. The Morgan fingerprint density at radius 3 is 1.37 bits per heavy atom. The zero-order valence-electron chi connectivity index (χ0n) is 45.8. The van der Waals surface area contributed by atoms with Gasteiger partial charge in [0.2, 0.25) is 0 Å². The third-order valence-corrected chi connectivity index (χ3v) is 22.0. The van der Waals surface area contributed by atoms with E-state index >= 15 is 0 Å². The molecule has 2 aromatic rings. The van der Waals surface area contributed by atoms with Crippen LogP contribution in [0.1, 0.15) is 263 Å². The fraction of sp³-hybridized carbons (Fsp3) is 0.688. The van der Waals surface area contributed by atoms with E-state index in [0.717, 1.165) is 40.7 Å². The summed E-state index contributed by atoms with van der Waals surface area (Å²) < 4.78 is 20.8. The standard InChI is InChI=1S/C64H103O5P/c1-6-11-16-21-23-25-27-28-30-32-34-41-52-70(49-38-18-13-8-3,50-39-19-14-9-4,51-40-20-15-10-5)69-56-45-47-60-62(54-56)68-61-53-55(65)44-46-59(61)63(60)57-42-35-36-43-58(57)64(66)67-48-37-33-31-29-26-24-22-17-12-7-2/h35-36,42-47,53-54H,6-34,37-41,48-52H2,1-5H3. The van der Waals surface area contributed by atoms with Crippen molar-refractivity contribution in [3.05, 3.63) is 76.5 Å². The van der Waals surface area contributed by atoms with E-state index in [-0.39, 0.29) is 11.4 Å². The number of carbonyl (C=O) groups excluding carboxylic acids is 1. The van der Waals surface area contributed by atoms with Crippen LogP contribution in [0.4, 0.5) is 0 Å². The molecular formula is C64H103O5P. The van der Waals surface area contributed by atoms with Gasteiger partial charge in [0.1, 0.15) is 0 Å². The average Bonchev–Trinajstić information content (AvgIpc) is 3.37. The van der Waals surface area contributed by atoms with Crippen molar-refractivity contribution >= 4 is 23.8 Å². The fourth-order valence-electron chi connectivity index (χ4n) is 11.2. The van der Waals surface area contributed by atoms with Gasteiger partial charge in [0.15, 0.2) is 0 Å². The quantitative estimate of drug-likeness (QED) is 0.0191. The van der Waals surface area contributed by atoms with Crippen LogP contribution in [0.5, 0.6) is 5.75 Å². The van der Waals surface area contributed by atoms with Crippen LogP contribution in [0.3, 0.4) is 0 Å². The third kappa shape index (κ3) is 20.7. The van der Waals surface area contributed by atoms with Crippen molar-refractivity contribution in [2.45, 2.75) is 253 Å². The van der Waals surface area contributed by atoms with Crippen molar-refractivity contribution < 1.29 is 18.5 Å². The van der Waals surface area contributed by atoms with Crippen LogP contribution < -0.4 is 9.95 Å². The van der Waals surface area contributed by atoms with Crippen LogP contribution in [0.25, 0.3) is 33.4 Å². The topological polar surface area (TPSA) is 65.7 Å². The summed E-state index contributed by atoms with van der Waals surface area (Å²) in [7, 11) is 0. The first kappa shape index (κ1) is 59.4. The maximum absolute atomic E-state index is 14.0. The summed E-state index contributed by atoms with van der Waals surface area (Å²) in [6.07, 6.45) is 48.4. The Morgan fingerprint density at radius 1 is 0.457 bits per heavy atom. The molecule has 70 heavy (non-hydrogen) atoms. The first-order valence-electron chi connectivity index (χ1n) is 29.8. The number of carbonyl (C=O) groups is 1. The number of ether oxygens (including phenoxy) is 1. The Balaban J connectivity index is 1.66. The summed E-state index contributed by atoms with van der Waals surface area (Å²) in [5.74, 6) is 1.12. The van der Waals surface area contributed by atoms with E-state index in [4.69, 9.17) is 13.7 Å². The molecule has 0 unspecified atom stereocenters. The fourth-order valence-corrected chi connectivity index (χ4v) is 17.7. The second-order valence-corrected chi connectivity index (χ2v) is 27.3. The monoisotopic (exact) mass is 983 g/mol. The van der Waals surface area contributed by atoms with E-state index in [1.165, 1.54) is 230 Å². The summed E-state index contributed by atoms with van der Waals surface area (Å²) in [5.41, 5.74) is 3.62. The zero-order valence-corrected chi connectivity index (χ0v) is 46.7. The average molecular weight is 983 g/mol. The van der Waals surface area contributed by atoms with E-state index in [9.17, 15) is 9.59 Å². The van der Waals surface area contributed by atoms with Gasteiger partial charge in [-0.2, -0.15) is 0 Å². The third-order valence-electron chi connectivity index (χ3n) is 15.5. The van der Waals surface area contributed by atoms with E-state index in [1.54, 1.807) is 12.1 Å². The van der Waals surface area contributed by atoms with Gasteiger partial charge in [-0.05, 0) is 0 Å². The van der Waals surface area contributed by atoms with Gasteiger partial charge in [0.25, 0.3) is 0 Å². The molecule has 0 amide bonds. The molecule has 0 saturated heterocycles. The first-order valence-corrected chi connectivity index (χ1v) is 32.7. The van der Waals surface area contributed by atoms with E-state index in [1.807, 2.05) is 30.3 Å². The molecule has 0 saturated carbocycles. The zero-order chi connectivity index (χ0) is 50.0. The van der Waals surface area contributed by atoms with Gasteiger partial charge in [-0.15, -0.1) is 0 Å². The Morgan fingerprint density at radius 2 is 0.886 bits per heavy atom. The molecule has 0 radical (unpaired) electrons. The molecular weight excluding hydrogens is 880 g/mol. The molecule has 1 aliphatic carbocycles. The van der Waals surface area contributed by atoms with E-state index in [2.05, 4.69) is 52.8 Å². The summed E-state index contributed by atoms with van der Waals surface area (Å²) in [6.45, 7) is 9.16. The molecule has 2 aromatic carbocycles. The van der Waals surface area contributed by atoms with Gasteiger partial charge in [-0.25, -0.2) is 0 Å². The number of benzene rings is 3. The van der Waals surface area contributed by atoms with Crippen molar-refractivity contribution in [3.63, 3.8) is 0 Å². The van der Waals surface area contributed by atoms with Crippen LogP contribution in [0.2, 0.25) is 0 Å². The number of rotatable bonds is 43. The summed E-state index contributed by atoms with van der Waals surface area (Å²) in [5, 5.41) is 0.906. The number of fused-ring (bicyclic) bond motifs is 2. The Hall–Kier alpha value is -3.17. The summed E-state index contributed by atoms with van der Waals surface area (Å²) >= 11 is 0. The predicted octanol–water partition coefficient (Wildman–Crippen LogP) is 20.9. The van der Waals surface area contributed by atoms with Crippen LogP contribution in [0.15, 0.2) is 69.9 Å². The van der Waals surface area contributed by atoms with Gasteiger partial charge in [-0.3, -0.25) is 0 Å². The van der Waals surface area contributed by atoms with E-state index in [0.29, 0.717) is 23.5 Å². The summed E-state index contributed by atoms with van der Waals surface area (Å²) in [4.78, 5) is 26.9. The van der Waals surface area contributed by atoms with Gasteiger partial charge < -0.3 is 0 Å². The Labute approximate surface area is 429 Å². The van der Waals surface area contributed by atoms with Crippen LogP contribution in [-0.4, -0.2) is 37.2 Å². The number of hydrogen-bond donors (Lipinski definition) is 0. The number of hydrogen-bond acceptors (Lipinski definition) is 5. The van der Waals surface area contributed by atoms with Gasteiger partial charge in [-0.1, -0.05) is 78.1 Å². The van der Waals surface area contributed by atoms with Crippen molar-refractivity contribution in [1.82, 2.24) is 0 Å². The normalized spacial score (nSPS) is 12.4. The van der Waals surface area contributed by atoms with Crippen molar-refractivity contribution in [3.8, 4) is 28.2 Å². The van der Waals surface area contributed by atoms with E-state index < -0.39 is 6.83 Å². The van der Waals surface area contributed by atoms with Crippen LogP contribution in [-0.2, 0) is 4.74 Å². The molecule has 6 heteroatoms. The molecule has 0 fully saturated rings. The maximum atomic E-state index is 14.0. The first-order chi connectivity index (χ1) is 34.3. The van der Waals surface area contributed by atoms with Crippen molar-refractivity contribution in [1.29, 1.82) is 0 Å². The molecule has 1 aliphatic heterocycles. The molecule has 0 atom stereocenters. The van der Waals surface area contributed by atoms with Crippen LogP contribution in [0, 0.1) is 0 Å². The molecule has 5 nitrogen and oxygen atoms in total. The SMILES string of the molecule is CCCCCCCCCCCCCCP(CCCCCC)(CCCCCC)(CCCCCC)Oc1ccc2c(-c3ccccc3C(=O)OCCCCCCCCCCCC)c3ccc(=O)cc-3oc2c1. The minimum absolute atomic E-state index is 0.100. The van der Waals surface area contributed by atoms with Gasteiger partial charge in [0, 0.05) is 0 Å². The molecule has 4 rings (SSSR count). The van der Waals surface area contributed by atoms with Crippen LogP contribution >= 0.6 is 6.83 Å². The molecule has 0 bridgehead atoms. The number of esters is 1. The molecule has 394 valence electrons. The van der Waals surface area contributed by atoms with Crippen molar-refractivity contribution in [2.75, 3.05) is 31.3 Å². The predicted molar refractivity (Wildman–Crippen MR) is 307 cm³/mol.